The third-order valence-electron chi connectivity index (χ3n) is 6.23. The lowest BCUT2D eigenvalue weighted by Crippen LogP contribution is -2.08. The Labute approximate surface area is 226 Å². The van der Waals surface area contributed by atoms with Crippen LogP contribution < -0.4 is 29.1 Å². The van der Waals surface area contributed by atoms with Crippen molar-refractivity contribution in [2.45, 2.75) is 13.2 Å². The van der Waals surface area contributed by atoms with Gasteiger partial charge in [-0.15, -0.1) is 0 Å². The molecule has 0 aliphatic heterocycles. The van der Waals surface area contributed by atoms with E-state index in [1.54, 1.807) is 0 Å². The van der Waals surface area contributed by atoms with Gasteiger partial charge in [-0.1, -0.05) is 60.7 Å². The van der Waals surface area contributed by atoms with Crippen LogP contribution in [0.3, 0.4) is 0 Å². The Hall–Kier alpha value is -4.91. The van der Waals surface area contributed by atoms with Crippen LogP contribution >= 0.6 is 0 Å². The summed E-state index contributed by atoms with van der Waals surface area (Å²) in [5, 5.41) is 0.199. The minimum absolute atomic E-state index is 0.199. The van der Waals surface area contributed by atoms with Gasteiger partial charge >= 0.3 is 0 Å². The molecule has 0 radical (unpaired) electrons. The fourth-order valence-corrected chi connectivity index (χ4v) is 4.32. The first-order valence-electron chi connectivity index (χ1n) is 12.4. The van der Waals surface area contributed by atoms with Crippen molar-refractivity contribution in [3.63, 3.8) is 0 Å². The standard InChI is InChI=1S/C32H28O7/c1-34-28-27-25(33)18-26(23-14-16-24(17-15-23)37-19-21-10-6-4-7-11-21)39-29(27)30(35-2)31(36-3)32(28)38-20-22-12-8-5-9-13-22/h4-18H,19-20H2,1-3H3. The molecule has 0 saturated heterocycles. The van der Waals surface area contributed by atoms with E-state index in [1.807, 2.05) is 84.9 Å². The molecule has 0 N–H and O–H groups in total. The minimum atomic E-state index is -0.307. The van der Waals surface area contributed by atoms with E-state index < -0.39 is 0 Å². The number of hydrogen-bond acceptors (Lipinski definition) is 7. The Kier molecular flexibility index (Phi) is 7.68. The van der Waals surface area contributed by atoms with Gasteiger partial charge in [0.1, 0.15) is 30.1 Å². The zero-order chi connectivity index (χ0) is 27.2. The van der Waals surface area contributed by atoms with Crippen LogP contribution in [0, 0.1) is 0 Å². The van der Waals surface area contributed by atoms with Crippen LogP contribution in [0.4, 0.5) is 0 Å². The minimum Gasteiger partial charge on any atom is -0.492 e. The van der Waals surface area contributed by atoms with Gasteiger partial charge in [0.25, 0.3) is 0 Å². The summed E-state index contributed by atoms with van der Waals surface area (Å²) in [6, 6.07) is 28.3. The first-order chi connectivity index (χ1) is 19.1. The van der Waals surface area contributed by atoms with E-state index in [0.29, 0.717) is 23.7 Å². The van der Waals surface area contributed by atoms with Gasteiger partial charge in [-0.05, 0) is 35.4 Å². The summed E-state index contributed by atoms with van der Waals surface area (Å²) in [6.45, 7) is 0.695. The van der Waals surface area contributed by atoms with Gasteiger partial charge in [-0.3, -0.25) is 4.79 Å². The fraction of sp³-hybridized carbons (Fsp3) is 0.156. The van der Waals surface area contributed by atoms with Crippen molar-refractivity contribution in [3.8, 4) is 40.1 Å². The third-order valence-corrected chi connectivity index (χ3v) is 6.23. The summed E-state index contributed by atoms with van der Waals surface area (Å²) in [5.41, 5.74) is 2.61. The molecular weight excluding hydrogens is 496 g/mol. The summed E-state index contributed by atoms with van der Waals surface area (Å²) in [6.07, 6.45) is 0. The summed E-state index contributed by atoms with van der Waals surface area (Å²) in [7, 11) is 4.45. The highest BCUT2D eigenvalue weighted by atomic mass is 16.6. The zero-order valence-corrected chi connectivity index (χ0v) is 21.9. The molecule has 5 aromatic rings. The van der Waals surface area contributed by atoms with Gasteiger partial charge < -0.3 is 28.1 Å². The largest absolute Gasteiger partial charge is 0.492 e. The van der Waals surface area contributed by atoms with Gasteiger partial charge in [0.05, 0.1) is 21.3 Å². The van der Waals surface area contributed by atoms with Crippen molar-refractivity contribution in [1.82, 2.24) is 0 Å². The molecule has 198 valence electrons. The molecule has 0 bridgehead atoms. The lowest BCUT2D eigenvalue weighted by Gasteiger charge is -2.19. The Balaban J connectivity index is 1.52. The molecule has 0 spiro atoms. The van der Waals surface area contributed by atoms with E-state index in [2.05, 4.69) is 0 Å². The molecule has 0 saturated carbocycles. The number of fused-ring (bicyclic) bond motifs is 1. The van der Waals surface area contributed by atoms with Crippen molar-refractivity contribution in [2.75, 3.05) is 21.3 Å². The number of methoxy groups -OCH3 is 3. The van der Waals surface area contributed by atoms with E-state index in [1.165, 1.54) is 27.4 Å². The molecule has 4 aromatic carbocycles. The topological polar surface area (TPSA) is 76.4 Å². The van der Waals surface area contributed by atoms with Gasteiger partial charge in [0.15, 0.2) is 16.8 Å². The quantitative estimate of drug-likeness (QED) is 0.203. The van der Waals surface area contributed by atoms with E-state index >= 15 is 0 Å². The number of rotatable bonds is 10. The molecule has 1 heterocycles. The van der Waals surface area contributed by atoms with Crippen molar-refractivity contribution >= 4 is 11.0 Å². The molecular formula is C32H28O7. The third kappa shape index (κ3) is 5.38. The summed E-state index contributed by atoms with van der Waals surface area (Å²) in [4.78, 5) is 13.5. The highest BCUT2D eigenvalue weighted by Crippen LogP contribution is 2.50. The monoisotopic (exact) mass is 524 g/mol. The van der Waals surface area contributed by atoms with Crippen molar-refractivity contribution in [2.24, 2.45) is 0 Å². The maximum atomic E-state index is 13.5. The fourth-order valence-electron chi connectivity index (χ4n) is 4.32. The lowest BCUT2D eigenvalue weighted by atomic mass is 10.1. The van der Waals surface area contributed by atoms with Crippen LogP contribution in [0.25, 0.3) is 22.3 Å². The lowest BCUT2D eigenvalue weighted by molar-refractivity contribution is 0.260. The van der Waals surface area contributed by atoms with Gasteiger partial charge in [0.2, 0.25) is 17.2 Å². The number of ether oxygens (including phenoxy) is 5. The predicted molar refractivity (Wildman–Crippen MR) is 149 cm³/mol. The second-order valence-electron chi connectivity index (χ2n) is 8.68. The van der Waals surface area contributed by atoms with E-state index in [-0.39, 0.29) is 46.0 Å². The molecule has 0 unspecified atom stereocenters. The molecule has 0 aliphatic carbocycles. The molecule has 1 aromatic heterocycles. The SMILES string of the molecule is COc1c(OCc2ccccc2)c(OC)c2c(=O)cc(-c3ccc(OCc4ccccc4)cc3)oc2c1OC. The summed E-state index contributed by atoms with van der Waals surface area (Å²) < 4.78 is 35.2. The molecule has 0 aliphatic rings. The molecule has 0 fully saturated rings. The van der Waals surface area contributed by atoms with Crippen LogP contribution in [-0.4, -0.2) is 21.3 Å². The smallest absolute Gasteiger partial charge is 0.211 e. The second kappa shape index (κ2) is 11.6. The van der Waals surface area contributed by atoms with Crippen molar-refractivity contribution in [3.05, 3.63) is 112 Å². The molecule has 7 nitrogen and oxygen atoms in total. The van der Waals surface area contributed by atoms with Gasteiger partial charge in [0, 0.05) is 11.6 Å². The average Bonchev–Trinajstić information content (AvgIpc) is 2.99. The molecule has 39 heavy (non-hydrogen) atoms. The van der Waals surface area contributed by atoms with Crippen molar-refractivity contribution in [1.29, 1.82) is 0 Å². The van der Waals surface area contributed by atoms with Crippen LogP contribution in [0.1, 0.15) is 11.1 Å². The Morgan fingerprint density at radius 3 is 1.74 bits per heavy atom. The van der Waals surface area contributed by atoms with Crippen LogP contribution in [-0.2, 0) is 13.2 Å². The first-order valence-corrected chi connectivity index (χ1v) is 12.4. The first kappa shape index (κ1) is 25.7. The predicted octanol–water partition coefficient (Wildman–Crippen LogP) is 6.64. The maximum absolute atomic E-state index is 13.5. The van der Waals surface area contributed by atoms with Crippen LogP contribution in [0.5, 0.6) is 28.7 Å². The van der Waals surface area contributed by atoms with Gasteiger partial charge in [-0.25, -0.2) is 0 Å². The summed E-state index contributed by atoms with van der Waals surface area (Å²) in [5.74, 6) is 2.03. The highest BCUT2D eigenvalue weighted by Gasteiger charge is 2.28. The van der Waals surface area contributed by atoms with E-state index in [4.69, 9.17) is 28.1 Å². The Morgan fingerprint density at radius 2 is 1.18 bits per heavy atom. The zero-order valence-electron chi connectivity index (χ0n) is 21.9. The Morgan fingerprint density at radius 1 is 0.615 bits per heavy atom. The molecule has 7 heteroatoms. The van der Waals surface area contributed by atoms with E-state index in [9.17, 15) is 4.79 Å². The van der Waals surface area contributed by atoms with E-state index in [0.717, 1.165) is 11.1 Å². The second-order valence-corrected chi connectivity index (χ2v) is 8.68. The highest BCUT2D eigenvalue weighted by molar-refractivity contribution is 5.95. The molecule has 0 atom stereocenters. The Bertz CT molecular complexity index is 1610. The van der Waals surface area contributed by atoms with Gasteiger partial charge in [-0.2, -0.15) is 0 Å². The van der Waals surface area contributed by atoms with Crippen molar-refractivity contribution < 1.29 is 28.1 Å². The molecule has 5 rings (SSSR count). The normalized spacial score (nSPS) is 10.7. The number of benzene rings is 4. The maximum Gasteiger partial charge on any atom is 0.211 e. The summed E-state index contributed by atoms with van der Waals surface area (Å²) >= 11 is 0. The van der Waals surface area contributed by atoms with Crippen LogP contribution in [0.15, 0.2) is 100 Å². The molecule has 0 amide bonds. The van der Waals surface area contributed by atoms with Crippen LogP contribution in [0.2, 0.25) is 0 Å². The number of hydrogen-bond donors (Lipinski definition) is 0. The average molecular weight is 525 g/mol.